The summed E-state index contributed by atoms with van der Waals surface area (Å²) in [5, 5.41) is 4.21. The molecule has 0 bridgehead atoms. The molecular formula is C6H13N3O. The number of carbonyl (C=O) groups is 1. The number of hydrogen-bond donors (Lipinski definition) is 2. The number of nitrogens with one attached hydrogen (secondary N) is 1. The number of nitrogens with zero attached hydrogens (tertiary/aromatic N) is 1. The molecule has 1 heterocycles. The van der Waals surface area contributed by atoms with Crippen LogP contribution in [0.2, 0.25) is 0 Å². The highest BCUT2D eigenvalue weighted by molar-refractivity contribution is 5.81. The topological polar surface area (TPSA) is 58.4 Å². The smallest absolute Gasteiger partial charge is 0.253 e. The van der Waals surface area contributed by atoms with Gasteiger partial charge in [0.2, 0.25) is 0 Å². The SMILES string of the molecule is CN(N)C(=O)[C@@H]1CCCN1. The molecule has 1 aliphatic rings. The fourth-order valence-electron chi connectivity index (χ4n) is 1.14. The van der Waals surface area contributed by atoms with Crippen molar-refractivity contribution in [1.29, 1.82) is 0 Å². The van der Waals surface area contributed by atoms with Gasteiger partial charge in [-0.1, -0.05) is 0 Å². The van der Waals surface area contributed by atoms with Gasteiger partial charge < -0.3 is 5.32 Å². The number of hydrazine groups is 1. The molecule has 0 aromatic heterocycles. The van der Waals surface area contributed by atoms with Gasteiger partial charge in [-0.2, -0.15) is 0 Å². The van der Waals surface area contributed by atoms with E-state index in [9.17, 15) is 4.79 Å². The zero-order valence-corrected chi connectivity index (χ0v) is 6.13. The third kappa shape index (κ3) is 1.46. The maximum Gasteiger partial charge on any atom is 0.253 e. The van der Waals surface area contributed by atoms with Crippen LogP contribution in [-0.2, 0) is 4.79 Å². The van der Waals surface area contributed by atoms with Crippen LogP contribution in [0.25, 0.3) is 0 Å². The maximum atomic E-state index is 11.1. The van der Waals surface area contributed by atoms with Crippen molar-refractivity contribution in [3.05, 3.63) is 0 Å². The number of nitrogens with two attached hydrogens (primary N) is 1. The summed E-state index contributed by atoms with van der Waals surface area (Å²) in [6.45, 7) is 0.935. The molecule has 1 atom stereocenters. The summed E-state index contributed by atoms with van der Waals surface area (Å²) in [4.78, 5) is 11.1. The van der Waals surface area contributed by atoms with Gasteiger partial charge in [0.15, 0.2) is 0 Å². The molecule has 1 aliphatic heterocycles. The summed E-state index contributed by atoms with van der Waals surface area (Å²) in [5.74, 6) is 5.24. The number of amides is 1. The van der Waals surface area contributed by atoms with E-state index in [0.717, 1.165) is 24.4 Å². The zero-order chi connectivity index (χ0) is 7.56. The Balaban J connectivity index is 2.40. The Morgan fingerprint density at radius 3 is 2.90 bits per heavy atom. The van der Waals surface area contributed by atoms with Crippen LogP contribution in [0.1, 0.15) is 12.8 Å². The predicted molar refractivity (Wildman–Crippen MR) is 38.0 cm³/mol. The van der Waals surface area contributed by atoms with Gasteiger partial charge in [-0.15, -0.1) is 0 Å². The first kappa shape index (κ1) is 7.50. The Labute approximate surface area is 60.3 Å². The lowest BCUT2D eigenvalue weighted by Crippen LogP contribution is -2.44. The molecule has 1 saturated heterocycles. The number of carbonyl (C=O) groups excluding carboxylic acids is 1. The summed E-state index contributed by atoms with van der Waals surface area (Å²) in [6.07, 6.45) is 1.99. The molecule has 3 N–H and O–H groups in total. The van der Waals surface area contributed by atoms with E-state index in [0.29, 0.717) is 0 Å². The van der Waals surface area contributed by atoms with Gasteiger partial charge in [0, 0.05) is 7.05 Å². The van der Waals surface area contributed by atoms with Crippen LogP contribution in [0.5, 0.6) is 0 Å². The second kappa shape index (κ2) is 2.98. The van der Waals surface area contributed by atoms with Crippen molar-refractivity contribution in [3.8, 4) is 0 Å². The lowest BCUT2D eigenvalue weighted by atomic mass is 10.2. The van der Waals surface area contributed by atoms with Crippen molar-refractivity contribution in [2.45, 2.75) is 18.9 Å². The minimum atomic E-state index is -0.0324. The molecule has 58 valence electrons. The van der Waals surface area contributed by atoms with Gasteiger partial charge in [-0.3, -0.25) is 9.80 Å². The van der Waals surface area contributed by atoms with E-state index in [4.69, 9.17) is 5.84 Å². The Hall–Kier alpha value is -0.610. The second-order valence-corrected chi connectivity index (χ2v) is 2.60. The van der Waals surface area contributed by atoms with Gasteiger partial charge in [-0.05, 0) is 19.4 Å². The Morgan fingerprint density at radius 1 is 1.80 bits per heavy atom. The van der Waals surface area contributed by atoms with Crippen molar-refractivity contribution in [1.82, 2.24) is 10.3 Å². The average Bonchev–Trinajstić information content (AvgIpc) is 2.36. The van der Waals surface area contributed by atoms with Crippen LogP contribution in [0.4, 0.5) is 0 Å². The summed E-state index contributed by atoms with van der Waals surface area (Å²) in [7, 11) is 1.57. The zero-order valence-electron chi connectivity index (χ0n) is 6.13. The first-order chi connectivity index (χ1) is 4.72. The summed E-state index contributed by atoms with van der Waals surface area (Å²) in [5.41, 5.74) is 0. The highest BCUT2D eigenvalue weighted by atomic mass is 16.2. The van der Waals surface area contributed by atoms with E-state index in [2.05, 4.69) is 5.32 Å². The average molecular weight is 143 g/mol. The molecule has 0 aromatic rings. The molecule has 0 spiro atoms. The van der Waals surface area contributed by atoms with Crippen LogP contribution in [-0.4, -0.2) is 30.6 Å². The van der Waals surface area contributed by atoms with Crippen LogP contribution in [0.15, 0.2) is 0 Å². The molecule has 0 radical (unpaired) electrons. The number of rotatable bonds is 1. The standard InChI is InChI=1S/C6H13N3O/c1-9(7)6(10)5-3-2-4-8-5/h5,8H,2-4,7H2,1H3/t5-/m0/s1. The summed E-state index contributed by atoms with van der Waals surface area (Å²) < 4.78 is 0. The monoisotopic (exact) mass is 143 g/mol. The van der Waals surface area contributed by atoms with Crippen LogP contribution < -0.4 is 11.2 Å². The third-order valence-electron chi connectivity index (χ3n) is 1.71. The molecule has 0 saturated carbocycles. The first-order valence-electron chi connectivity index (χ1n) is 3.47. The minimum absolute atomic E-state index is 0.0162. The highest BCUT2D eigenvalue weighted by Gasteiger charge is 2.23. The second-order valence-electron chi connectivity index (χ2n) is 2.60. The van der Waals surface area contributed by atoms with Crippen molar-refractivity contribution in [2.75, 3.05) is 13.6 Å². The van der Waals surface area contributed by atoms with Crippen molar-refractivity contribution >= 4 is 5.91 Å². The quantitative estimate of drug-likeness (QED) is 0.283. The van der Waals surface area contributed by atoms with Gasteiger partial charge in [0.25, 0.3) is 5.91 Å². The summed E-state index contributed by atoms with van der Waals surface area (Å²) >= 11 is 0. The van der Waals surface area contributed by atoms with E-state index in [1.54, 1.807) is 7.05 Å². The Morgan fingerprint density at radius 2 is 2.50 bits per heavy atom. The van der Waals surface area contributed by atoms with E-state index < -0.39 is 0 Å². The minimum Gasteiger partial charge on any atom is -0.306 e. The Bertz CT molecular complexity index is 129. The van der Waals surface area contributed by atoms with Crippen molar-refractivity contribution < 1.29 is 4.79 Å². The maximum absolute atomic E-state index is 11.1. The predicted octanol–water partition coefficient (Wildman–Crippen LogP) is -0.929. The molecular weight excluding hydrogens is 130 g/mol. The van der Waals surface area contributed by atoms with E-state index in [1.165, 1.54) is 0 Å². The molecule has 4 nitrogen and oxygen atoms in total. The van der Waals surface area contributed by atoms with Gasteiger partial charge in [0.05, 0.1) is 6.04 Å². The molecule has 10 heavy (non-hydrogen) atoms. The number of likely N-dealkylation sites (N-methyl/N-ethyl adjacent to an activating group) is 1. The van der Waals surface area contributed by atoms with Crippen LogP contribution >= 0.6 is 0 Å². The first-order valence-corrected chi connectivity index (χ1v) is 3.47. The lowest BCUT2D eigenvalue weighted by Gasteiger charge is -2.14. The van der Waals surface area contributed by atoms with E-state index in [1.807, 2.05) is 0 Å². The van der Waals surface area contributed by atoms with Crippen molar-refractivity contribution in [2.24, 2.45) is 5.84 Å². The molecule has 1 fully saturated rings. The normalized spacial score (nSPS) is 24.8. The van der Waals surface area contributed by atoms with E-state index >= 15 is 0 Å². The molecule has 4 heteroatoms. The fraction of sp³-hybridized carbons (Fsp3) is 0.833. The third-order valence-corrected chi connectivity index (χ3v) is 1.71. The molecule has 0 aliphatic carbocycles. The molecule has 1 amide bonds. The van der Waals surface area contributed by atoms with Crippen LogP contribution in [0, 0.1) is 0 Å². The molecule has 1 rings (SSSR count). The van der Waals surface area contributed by atoms with Gasteiger partial charge in [0.1, 0.15) is 0 Å². The van der Waals surface area contributed by atoms with Gasteiger partial charge in [-0.25, -0.2) is 5.84 Å². The summed E-state index contributed by atoms with van der Waals surface area (Å²) in [6, 6.07) is -0.0324. The molecule has 0 aromatic carbocycles. The lowest BCUT2D eigenvalue weighted by molar-refractivity contribution is -0.131. The number of hydrogen-bond acceptors (Lipinski definition) is 3. The van der Waals surface area contributed by atoms with E-state index in [-0.39, 0.29) is 11.9 Å². The Kier molecular flexibility index (Phi) is 2.24. The fourth-order valence-corrected chi connectivity index (χ4v) is 1.14. The molecule has 0 unspecified atom stereocenters. The largest absolute Gasteiger partial charge is 0.306 e. The van der Waals surface area contributed by atoms with Crippen molar-refractivity contribution in [3.63, 3.8) is 0 Å². The van der Waals surface area contributed by atoms with Gasteiger partial charge >= 0.3 is 0 Å². The van der Waals surface area contributed by atoms with Crippen LogP contribution in [0.3, 0.4) is 0 Å². The highest BCUT2D eigenvalue weighted by Crippen LogP contribution is 2.05.